The number of aryl methyl sites for hydroxylation is 1. The number of anilines is 3. The van der Waals surface area contributed by atoms with Gasteiger partial charge in [-0.2, -0.15) is 0 Å². The Balaban J connectivity index is 1.52. The second-order valence-electron chi connectivity index (χ2n) is 6.36. The van der Waals surface area contributed by atoms with Crippen molar-refractivity contribution in [3.8, 4) is 11.1 Å². The molecule has 0 spiro atoms. The quantitative estimate of drug-likeness (QED) is 0.422. The summed E-state index contributed by atoms with van der Waals surface area (Å²) in [5.41, 5.74) is 9.60. The lowest BCUT2D eigenvalue weighted by molar-refractivity contribution is 0.262. The molecule has 2 aromatic carbocycles. The lowest BCUT2D eigenvalue weighted by atomic mass is 10.1. The molecular formula is C21H17FN4OS. The molecule has 0 unspecified atom stereocenters. The van der Waals surface area contributed by atoms with E-state index in [1.54, 1.807) is 41.8 Å². The Morgan fingerprint density at radius 3 is 2.68 bits per heavy atom. The summed E-state index contributed by atoms with van der Waals surface area (Å²) in [5, 5.41) is 8.20. The second kappa shape index (κ2) is 7.28. The van der Waals surface area contributed by atoms with Gasteiger partial charge in [-0.15, -0.1) is 11.3 Å². The summed E-state index contributed by atoms with van der Waals surface area (Å²) >= 11 is 1.61. The van der Waals surface area contributed by atoms with Crippen LogP contribution in [0.4, 0.5) is 26.4 Å². The Kier molecular flexibility index (Phi) is 4.67. The third kappa shape index (κ3) is 3.52. The molecule has 140 valence electrons. The molecular weight excluding hydrogens is 375 g/mol. The second-order valence-corrected chi connectivity index (χ2v) is 7.27. The summed E-state index contributed by atoms with van der Waals surface area (Å²) in [7, 11) is 0. The summed E-state index contributed by atoms with van der Waals surface area (Å²) < 4.78 is 14.9. The zero-order valence-corrected chi connectivity index (χ0v) is 15.8. The number of nitrogens with zero attached hydrogens (tertiary/aromatic N) is 1. The van der Waals surface area contributed by atoms with Gasteiger partial charge in [0.1, 0.15) is 11.6 Å². The van der Waals surface area contributed by atoms with Gasteiger partial charge in [-0.05, 0) is 53.8 Å². The van der Waals surface area contributed by atoms with Crippen molar-refractivity contribution in [1.82, 2.24) is 4.98 Å². The number of nitrogens with two attached hydrogens (primary N) is 1. The number of fused-ring (bicyclic) bond motifs is 1. The molecule has 2 heterocycles. The van der Waals surface area contributed by atoms with E-state index < -0.39 is 11.8 Å². The number of hydrogen-bond acceptors (Lipinski definition) is 4. The number of rotatable bonds is 3. The molecule has 0 aliphatic carbocycles. The number of carbonyl (C=O) groups excluding carboxylic acids is 1. The maximum absolute atomic E-state index is 13.8. The molecule has 4 aromatic rings. The van der Waals surface area contributed by atoms with Crippen molar-refractivity contribution in [2.45, 2.75) is 6.92 Å². The van der Waals surface area contributed by atoms with Crippen LogP contribution < -0.4 is 16.4 Å². The number of halogens is 1. The summed E-state index contributed by atoms with van der Waals surface area (Å²) in [5.74, 6) is 0.0159. The molecule has 0 fully saturated rings. The van der Waals surface area contributed by atoms with Gasteiger partial charge in [0.2, 0.25) is 0 Å². The zero-order chi connectivity index (χ0) is 19.7. The van der Waals surface area contributed by atoms with Crippen LogP contribution in [0, 0.1) is 12.7 Å². The number of hydrogen-bond donors (Lipinski definition) is 3. The van der Waals surface area contributed by atoms with E-state index in [9.17, 15) is 9.18 Å². The van der Waals surface area contributed by atoms with Crippen LogP contribution in [0.15, 0.2) is 60.1 Å². The minimum absolute atomic E-state index is 0.141. The van der Waals surface area contributed by atoms with Gasteiger partial charge in [0.25, 0.3) is 0 Å². The van der Waals surface area contributed by atoms with Crippen LogP contribution in [-0.2, 0) is 0 Å². The van der Waals surface area contributed by atoms with Crippen molar-refractivity contribution in [2.75, 3.05) is 16.4 Å². The first-order valence-electron chi connectivity index (χ1n) is 8.57. The van der Waals surface area contributed by atoms with E-state index in [1.807, 2.05) is 30.5 Å². The average molecular weight is 392 g/mol. The first-order chi connectivity index (χ1) is 13.5. The Morgan fingerprint density at radius 1 is 1.11 bits per heavy atom. The van der Waals surface area contributed by atoms with Crippen molar-refractivity contribution in [3.63, 3.8) is 0 Å². The highest BCUT2D eigenvalue weighted by Gasteiger charge is 2.11. The summed E-state index contributed by atoms with van der Waals surface area (Å²) in [6, 6.07) is 13.4. The van der Waals surface area contributed by atoms with Crippen LogP contribution in [0.25, 0.3) is 21.2 Å². The highest BCUT2D eigenvalue weighted by Crippen LogP contribution is 2.36. The van der Waals surface area contributed by atoms with E-state index in [1.165, 1.54) is 6.07 Å². The molecule has 4 N–H and O–H groups in total. The van der Waals surface area contributed by atoms with Gasteiger partial charge in [0.15, 0.2) is 0 Å². The first kappa shape index (κ1) is 17.9. The number of pyridine rings is 1. The van der Waals surface area contributed by atoms with E-state index in [0.717, 1.165) is 26.8 Å². The zero-order valence-electron chi connectivity index (χ0n) is 15.0. The molecule has 4 rings (SSSR count). The molecule has 0 radical (unpaired) electrons. The Hall–Kier alpha value is -3.45. The van der Waals surface area contributed by atoms with Crippen molar-refractivity contribution in [3.05, 3.63) is 71.5 Å². The molecule has 5 nitrogen and oxygen atoms in total. The van der Waals surface area contributed by atoms with Gasteiger partial charge in [-0.25, -0.2) is 14.2 Å². The van der Waals surface area contributed by atoms with Crippen molar-refractivity contribution in [1.29, 1.82) is 0 Å². The third-order valence-corrected chi connectivity index (χ3v) is 5.29. The van der Waals surface area contributed by atoms with Gasteiger partial charge in [0.05, 0.1) is 5.69 Å². The van der Waals surface area contributed by atoms with E-state index in [4.69, 9.17) is 5.73 Å². The van der Waals surface area contributed by atoms with Crippen LogP contribution in [-0.4, -0.2) is 11.0 Å². The fourth-order valence-corrected chi connectivity index (χ4v) is 3.95. The van der Waals surface area contributed by atoms with Crippen molar-refractivity contribution >= 4 is 44.6 Å². The third-order valence-electron chi connectivity index (χ3n) is 4.34. The van der Waals surface area contributed by atoms with Crippen molar-refractivity contribution < 1.29 is 9.18 Å². The molecule has 0 atom stereocenters. The average Bonchev–Trinajstić information content (AvgIpc) is 3.11. The molecule has 2 amide bonds. The number of benzene rings is 2. The molecule has 28 heavy (non-hydrogen) atoms. The minimum atomic E-state index is -0.508. The van der Waals surface area contributed by atoms with Gasteiger partial charge >= 0.3 is 6.03 Å². The molecule has 0 aliphatic heterocycles. The molecule has 2 aromatic heterocycles. The summed E-state index contributed by atoms with van der Waals surface area (Å²) in [6.45, 7) is 1.83. The fourth-order valence-electron chi connectivity index (χ4n) is 2.97. The molecule has 0 saturated carbocycles. The van der Waals surface area contributed by atoms with E-state index in [-0.39, 0.29) is 5.69 Å². The smallest absolute Gasteiger partial charge is 0.323 e. The normalized spacial score (nSPS) is 10.8. The predicted octanol–water partition coefficient (Wildman–Crippen LogP) is 5.64. The lowest BCUT2D eigenvalue weighted by Gasteiger charge is -2.10. The number of thiophene rings is 1. The number of urea groups is 1. The summed E-state index contributed by atoms with van der Waals surface area (Å²) in [6.07, 6.45) is 1.70. The number of amides is 2. The summed E-state index contributed by atoms with van der Waals surface area (Å²) in [4.78, 5) is 16.3. The number of aromatic nitrogens is 1. The maximum atomic E-state index is 13.8. The van der Waals surface area contributed by atoms with E-state index in [2.05, 4.69) is 15.6 Å². The molecule has 0 aliphatic rings. The molecule has 0 bridgehead atoms. The van der Waals surface area contributed by atoms with Crippen LogP contribution in [0.1, 0.15) is 5.56 Å². The standard InChI is InChI=1S/C21H17FN4OS/c1-12-2-7-16(22)17(10-12)26-21(27)25-14-5-3-13(4-6-14)15-11-28-18-8-9-24-20(23)19(15)18/h2-11H,1H3,(H2,23,24)(H2,25,26,27). The van der Waals surface area contributed by atoms with Gasteiger partial charge in [0, 0.05) is 27.5 Å². The Morgan fingerprint density at radius 2 is 1.89 bits per heavy atom. The van der Waals surface area contributed by atoms with E-state index in [0.29, 0.717) is 11.5 Å². The van der Waals surface area contributed by atoms with Crippen LogP contribution >= 0.6 is 11.3 Å². The molecule has 0 saturated heterocycles. The van der Waals surface area contributed by atoms with E-state index >= 15 is 0 Å². The number of carbonyl (C=O) groups is 1. The lowest BCUT2D eigenvalue weighted by Crippen LogP contribution is -2.20. The van der Waals surface area contributed by atoms with Gasteiger partial charge in [-0.1, -0.05) is 18.2 Å². The van der Waals surface area contributed by atoms with Crippen LogP contribution in [0.2, 0.25) is 0 Å². The van der Waals surface area contributed by atoms with Gasteiger partial charge < -0.3 is 16.4 Å². The van der Waals surface area contributed by atoms with Crippen LogP contribution in [0.5, 0.6) is 0 Å². The number of nitrogens with one attached hydrogen (secondary N) is 2. The Bertz CT molecular complexity index is 1170. The molecule has 7 heteroatoms. The largest absolute Gasteiger partial charge is 0.383 e. The minimum Gasteiger partial charge on any atom is -0.383 e. The topological polar surface area (TPSA) is 80.0 Å². The monoisotopic (exact) mass is 392 g/mol. The first-order valence-corrected chi connectivity index (χ1v) is 9.45. The van der Waals surface area contributed by atoms with Crippen LogP contribution in [0.3, 0.4) is 0 Å². The highest BCUT2D eigenvalue weighted by atomic mass is 32.1. The fraction of sp³-hybridized carbons (Fsp3) is 0.0476. The van der Waals surface area contributed by atoms with Gasteiger partial charge in [-0.3, -0.25) is 0 Å². The Labute approximate surface area is 165 Å². The van der Waals surface area contributed by atoms with Crippen molar-refractivity contribution in [2.24, 2.45) is 0 Å². The predicted molar refractivity (Wildman–Crippen MR) is 113 cm³/mol. The number of nitrogen functional groups attached to an aromatic ring is 1. The highest BCUT2D eigenvalue weighted by molar-refractivity contribution is 7.17. The maximum Gasteiger partial charge on any atom is 0.323 e. The SMILES string of the molecule is Cc1ccc(F)c(NC(=O)Nc2ccc(-c3csc4ccnc(N)c34)cc2)c1.